The number of hydrogen-bond acceptors (Lipinski definition) is 5. The van der Waals surface area contributed by atoms with Crippen molar-refractivity contribution in [3.8, 4) is 0 Å². The number of nitrogens with zero attached hydrogens (tertiary/aromatic N) is 3. The van der Waals surface area contributed by atoms with Crippen LogP contribution in [0.15, 0.2) is 6.20 Å². The Morgan fingerprint density at radius 3 is 2.86 bits per heavy atom. The summed E-state index contributed by atoms with van der Waals surface area (Å²) >= 11 is 11.7. The van der Waals surface area contributed by atoms with E-state index in [1.165, 1.54) is 0 Å². The lowest BCUT2D eigenvalue weighted by Gasteiger charge is -2.22. The van der Waals surface area contributed by atoms with Crippen molar-refractivity contribution < 1.29 is 9.53 Å². The van der Waals surface area contributed by atoms with Crippen LogP contribution in [-0.2, 0) is 11.3 Å². The fraction of sp³-hybridized carbons (Fsp3) is 0.643. The van der Waals surface area contributed by atoms with Crippen molar-refractivity contribution in [3.05, 3.63) is 22.2 Å². The molecule has 1 aromatic rings. The van der Waals surface area contributed by atoms with Gasteiger partial charge >= 0.3 is 6.09 Å². The Labute approximate surface area is 140 Å². The molecule has 1 unspecified atom stereocenters. The highest BCUT2D eigenvalue weighted by Crippen LogP contribution is 2.19. The van der Waals surface area contributed by atoms with Gasteiger partial charge in [0.1, 0.15) is 10.8 Å². The minimum absolute atomic E-state index is 0.0712. The second-order valence-electron chi connectivity index (χ2n) is 6.32. The molecule has 1 saturated heterocycles. The Hall–Kier alpha value is -1.11. The van der Waals surface area contributed by atoms with Crippen LogP contribution in [0.2, 0.25) is 10.4 Å². The lowest BCUT2D eigenvalue weighted by Crippen LogP contribution is -2.40. The maximum Gasteiger partial charge on any atom is 0.407 e. The molecule has 1 aromatic heterocycles. The zero-order valence-corrected chi connectivity index (χ0v) is 14.4. The van der Waals surface area contributed by atoms with E-state index >= 15 is 0 Å². The highest BCUT2D eigenvalue weighted by atomic mass is 35.5. The minimum Gasteiger partial charge on any atom is -0.444 e. The van der Waals surface area contributed by atoms with E-state index in [9.17, 15) is 4.79 Å². The molecule has 2 heterocycles. The summed E-state index contributed by atoms with van der Waals surface area (Å²) < 4.78 is 5.26. The number of aromatic nitrogens is 2. The maximum atomic E-state index is 11.8. The van der Waals surface area contributed by atoms with Gasteiger partial charge in [0.2, 0.25) is 5.28 Å². The number of carbonyl (C=O) groups is 1. The van der Waals surface area contributed by atoms with E-state index < -0.39 is 5.60 Å². The van der Waals surface area contributed by atoms with Crippen LogP contribution in [0.5, 0.6) is 0 Å². The zero-order chi connectivity index (χ0) is 16.3. The lowest BCUT2D eigenvalue weighted by molar-refractivity contribution is 0.0505. The highest BCUT2D eigenvalue weighted by molar-refractivity contribution is 6.32. The quantitative estimate of drug-likeness (QED) is 0.673. The molecule has 0 aliphatic carbocycles. The third-order valence-corrected chi connectivity index (χ3v) is 3.68. The van der Waals surface area contributed by atoms with Crippen molar-refractivity contribution in [2.24, 2.45) is 0 Å². The van der Waals surface area contributed by atoms with Crippen LogP contribution in [0.25, 0.3) is 0 Å². The van der Waals surface area contributed by atoms with Crippen LogP contribution in [0, 0.1) is 0 Å². The van der Waals surface area contributed by atoms with Gasteiger partial charge in [-0.3, -0.25) is 4.90 Å². The van der Waals surface area contributed by atoms with Gasteiger partial charge in [-0.25, -0.2) is 14.8 Å². The first-order chi connectivity index (χ1) is 10.2. The standard InChI is InChI=1S/C14H20Cl2N4O2/c1-14(2,3)22-13(21)18-10-4-5-20(8-10)7-9-6-17-12(16)19-11(9)15/h6,10H,4-5,7-8H2,1-3H3,(H,18,21). The van der Waals surface area contributed by atoms with Crippen LogP contribution < -0.4 is 5.32 Å². The van der Waals surface area contributed by atoms with E-state index in [1.807, 2.05) is 20.8 Å². The average molecular weight is 347 g/mol. The molecule has 0 saturated carbocycles. The molecule has 122 valence electrons. The molecule has 0 aromatic carbocycles. The smallest absolute Gasteiger partial charge is 0.407 e. The summed E-state index contributed by atoms with van der Waals surface area (Å²) in [6.07, 6.45) is 2.12. The van der Waals surface area contributed by atoms with Crippen LogP contribution in [-0.4, -0.2) is 45.7 Å². The fourth-order valence-electron chi connectivity index (χ4n) is 2.28. The molecule has 0 spiro atoms. The summed E-state index contributed by atoms with van der Waals surface area (Å²) in [5.41, 5.74) is 0.334. The van der Waals surface area contributed by atoms with Gasteiger partial charge in [-0.15, -0.1) is 0 Å². The van der Waals surface area contributed by atoms with Crippen molar-refractivity contribution in [3.63, 3.8) is 0 Å². The van der Waals surface area contributed by atoms with Gasteiger partial charge in [0.15, 0.2) is 0 Å². The molecule has 1 atom stereocenters. The molecule has 1 aliphatic rings. The van der Waals surface area contributed by atoms with Crippen molar-refractivity contribution >= 4 is 29.3 Å². The van der Waals surface area contributed by atoms with Crippen molar-refractivity contribution in [2.75, 3.05) is 13.1 Å². The Morgan fingerprint density at radius 1 is 1.50 bits per heavy atom. The normalized spacial score (nSPS) is 19.2. The molecule has 0 bridgehead atoms. The first kappa shape index (κ1) is 17.2. The monoisotopic (exact) mass is 346 g/mol. The molecule has 1 amide bonds. The predicted octanol–water partition coefficient (Wildman–Crippen LogP) is 2.88. The molecule has 1 N–H and O–H groups in total. The third kappa shape index (κ3) is 5.26. The Bertz CT molecular complexity index is 548. The van der Waals surface area contributed by atoms with Gasteiger partial charge < -0.3 is 10.1 Å². The van der Waals surface area contributed by atoms with E-state index in [2.05, 4.69) is 20.2 Å². The van der Waals surface area contributed by atoms with E-state index in [4.69, 9.17) is 27.9 Å². The van der Waals surface area contributed by atoms with Crippen molar-refractivity contribution in [1.29, 1.82) is 0 Å². The van der Waals surface area contributed by atoms with Crippen LogP contribution in [0.1, 0.15) is 32.8 Å². The number of hydrogen-bond donors (Lipinski definition) is 1. The summed E-state index contributed by atoms with van der Waals surface area (Å²) in [4.78, 5) is 21.8. The summed E-state index contributed by atoms with van der Waals surface area (Å²) in [5, 5.41) is 3.39. The summed E-state index contributed by atoms with van der Waals surface area (Å²) in [6, 6.07) is 0.0712. The number of amides is 1. The molecule has 22 heavy (non-hydrogen) atoms. The Balaban J connectivity index is 1.84. The largest absolute Gasteiger partial charge is 0.444 e. The number of alkyl carbamates (subject to hydrolysis) is 1. The van der Waals surface area contributed by atoms with Gasteiger partial charge in [-0.1, -0.05) is 11.6 Å². The zero-order valence-electron chi connectivity index (χ0n) is 12.9. The first-order valence-corrected chi connectivity index (χ1v) is 7.87. The molecule has 8 heteroatoms. The number of nitrogens with one attached hydrogen (secondary N) is 1. The Morgan fingerprint density at radius 2 is 2.23 bits per heavy atom. The van der Waals surface area contributed by atoms with E-state index in [1.54, 1.807) is 6.20 Å². The molecule has 1 aliphatic heterocycles. The molecule has 2 rings (SSSR count). The lowest BCUT2D eigenvalue weighted by atomic mass is 10.2. The van der Waals surface area contributed by atoms with E-state index in [0.717, 1.165) is 25.1 Å². The van der Waals surface area contributed by atoms with Gasteiger partial charge in [0.25, 0.3) is 0 Å². The van der Waals surface area contributed by atoms with Crippen LogP contribution in [0.4, 0.5) is 4.79 Å². The van der Waals surface area contributed by atoms with Crippen molar-refractivity contribution in [2.45, 2.75) is 45.4 Å². The van der Waals surface area contributed by atoms with Crippen molar-refractivity contribution in [1.82, 2.24) is 20.2 Å². The van der Waals surface area contributed by atoms with Crippen LogP contribution in [0.3, 0.4) is 0 Å². The van der Waals surface area contributed by atoms with E-state index in [-0.39, 0.29) is 17.4 Å². The molecule has 0 radical (unpaired) electrons. The third-order valence-electron chi connectivity index (χ3n) is 3.17. The number of likely N-dealkylation sites (tertiary alicyclic amines) is 1. The topological polar surface area (TPSA) is 67.3 Å². The fourth-order valence-corrected chi connectivity index (χ4v) is 2.65. The van der Waals surface area contributed by atoms with Gasteiger partial charge in [0.05, 0.1) is 0 Å². The Kier molecular flexibility index (Phi) is 5.47. The van der Waals surface area contributed by atoms with Gasteiger partial charge in [0, 0.05) is 37.4 Å². The molecular formula is C14H20Cl2N4O2. The van der Waals surface area contributed by atoms with Crippen LogP contribution >= 0.6 is 23.2 Å². The minimum atomic E-state index is -0.490. The summed E-state index contributed by atoms with van der Waals surface area (Å²) in [7, 11) is 0. The second kappa shape index (κ2) is 6.98. The molecule has 1 fully saturated rings. The first-order valence-electron chi connectivity index (χ1n) is 7.12. The SMILES string of the molecule is CC(C)(C)OC(=O)NC1CCN(Cc2cnc(Cl)nc2Cl)C1. The highest BCUT2D eigenvalue weighted by Gasteiger charge is 2.26. The number of rotatable bonds is 3. The number of ether oxygens (including phenoxy) is 1. The number of carbonyl (C=O) groups excluding carboxylic acids is 1. The summed E-state index contributed by atoms with van der Waals surface area (Å²) in [5.74, 6) is 0. The van der Waals surface area contributed by atoms with Gasteiger partial charge in [-0.05, 0) is 38.8 Å². The average Bonchev–Trinajstić information content (AvgIpc) is 2.77. The maximum absolute atomic E-state index is 11.8. The van der Waals surface area contributed by atoms with Gasteiger partial charge in [-0.2, -0.15) is 0 Å². The number of halogens is 2. The molecular weight excluding hydrogens is 327 g/mol. The summed E-state index contributed by atoms with van der Waals surface area (Å²) in [6.45, 7) is 7.75. The van der Waals surface area contributed by atoms with E-state index in [0.29, 0.717) is 11.7 Å². The molecule has 6 nitrogen and oxygen atoms in total. The predicted molar refractivity (Wildman–Crippen MR) is 85.1 cm³/mol. The second-order valence-corrected chi connectivity index (χ2v) is 7.02.